The summed E-state index contributed by atoms with van der Waals surface area (Å²) in [6.45, 7) is 1.81. The molecule has 132 valence electrons. The minimum atomic E-state index is -3.63. The lowest BCUT2D eigenvalue weighted by Gasteiger charge is -2.22. The van der Waals surface area contributed by atoms with Gasteiger partial charge < -0.3 is 0 Å². The van der Waals surface area contributed by atoms with Crippen LogP contribution in [0.5, 0.6) is 0 Å². The Morgan fingerprint density at radius 3 is 2.24 bits per heavy atom. The summed E-state index contributed by atoms with van der Waals surface area (Å²) in [6.07, 6.45) is 6.51. The van der Waals surface area contributed by atoms with Gasteiger partial charge in [-0.15, -0.1) is 0 Å². The van der Waals surface area contributed by atoms with Crippen molar-refractivity contribution in [2.24, 2.45) is 5.10 Å². The van der Waals surface area contributed by atoms with Crippen molar-refractivity contribution in [1.82, 2.24) is 4.83 Å². The fourth-order valence-electron chi connectivity index (χ4n) is 3.28. The molecule has 4 nitrogen and oxygen atoms in total. The minimum Gasteiger partial charge on any atom is -0.200 e. The molecular weight excluding hydrogens is 332 g/mol. The topological polar surface area (TPSA) is 58.5 Å². The number of hydrazone groups is 1. The van der Waals surface area contributed by atoms with Crippen molar-refractivity contribution in [3.8, 4) is 0 Å². The second-order valence-electron chi connectivity index (χ2n) is 6.56. The number of benzene rings is 2. The number of nitrogens with one attached hydrogen (secondary N) is 1. The van der Waals surface area contributed by atoms with Crippen molar-refractivity contribution >= 4 is 15.7 Å². The molecule has 0 amide bonds. The van der Waals surface area contributed by atoms with E-state index in [0.717, 1.165) is 5.56 Å². The highest BCUT2D eigenvalue weighted by atomic mass is 32.2. The molecule has 3 rings (SSSR count). The zero-order chi connectivity index (χ0) is 17.7. The maximum Gasteiger partial charge on any atom is 0.276 e. The van der Waals surface area contributed by atoms with Crippen LogP contribution in [0.3, 0.4) is 0 Å². The van der Waals surface area contributed by atoms with Crippen LogP contribution in [0.25, 0.3) is 0 Å². The predicted molar refractivity (Wildman–Crippen MR) is 101 cm³/mol. The average molecular weight is 356 g/mol. The number of hydrogen-bond donors (Lipinski definition) is 1. The molecule has 0 atom stereocenters. The summed E-state index contributed by atoms with van der Waals surface area (Å²) >= 11 is 0. The van der Waals surface area contributed by atoms with E-state index < -0.39 is 10.0 Å². The molecule has 0 bridgehead atoms. The maximum atomic E-state index is 12.2. The SMILES string of the molecule is C/C(=N/NS(=O)(=O)c1ccccc1)c1ccc(C2CCCCC2)cc1. The number of nitrogens with zero attached hydrogens (tertiary/aromatic N) is 1. The van der Waals surface area contributed by atoms with Gasteiger partial charge in [0.05, 0.1) is 10.6 Å². The van der Waals surface area contributed by atoms with Gasteiger partial charge in [0.25, 0.3) is 10.0 Å². The van der Waals surface area contributed by atoms with Gasteiger partial charge in [0.15, 0.2) is 0 Å². The van der Waals surface area contributed by atoms with Crippen LogP contribution in [0.1, 0.15) is 56.1 Å². The minimum absolute atomic E-state index is 0.208. The molecule has 0 aliphatic heterocycles. The first-order valence-corrected chi connectivity index (χ1v) is 10.3. The quantitative estimate of drug-likeness (QED) is 0.636. The van der Waals surface area contributed by atoms with E-state index >= 15 is 0 Å². The first kappa shape index (κ1) is 17.7. The van der Waals surface area contributed by atoms with Crippen LogP contribution in [0.4, 0.5) is 0 Å². The van der Waals surface area contributed by atoms with Gasteiger partial charge in [0.1, 0.15) is 0 Å². The van der Waals surface area contributed by atoms with Crippen molar-refractivity contribution in [2.75, 3.05) is 0 Å². The molecule has 0 saturated heterocycles. The Balaban J connectivity index is 1.70. The molecule has 0 radical (unpaired) electrons. The van der Waals surface area contributed by atoms with Crippen LogP contribution >= 0.6 is 0 Å². The lowest BCUT2D eigenvalue weighted by Crippen LogP contribution is -2.19. The van der Waals surface area contributed by atoms with Gasteiger partial charge in [-0.3, -0.25) is 0 Å². The third-order valence-electron chi connectivity index (χ3n) is 4.79. The van der Waals surface area contributed by atoms with Crippen LogP contribution in [-0.4, -0.2) is 14.1 Å². The average Bonchev–Trinajstić information content (AvgIpc) is 2.68. The molecule has 25 heavy (non-hydrogen) atoms. The summed E-state index contributed by atoms with van der Waals surface area (Å²) < 4.78 is 24.4. The Hall–Kier alpha value is -2.14. The molecule has 1 aliphatic rings. The van der Waals surface area contributed by atoms with Gasteiger partial charge >= 0.3 is 0 Å². The summed E-state index contributed by atoms with van der Waals surface area (Å²) in [4.78, 5) is 2.52. The monoisotopic (exact) mass is 356 g/mol. The van der Waals surface area contributed by atoms with Crippen LogP contribution in [0.2, 0.25) is 0 Å². The smallest absolute Gasteiger partial charge is 0.200 e. The summed E-state index contributed by atoms with van der Waals surface area (Å²) in [5.41, 5.74) is 2.95. The standard InChI is InChI=1S/C20H24N2O2S/c1-16(21-22-25(23,24)20-10-6-3-7-11-20)17-12-14-19(15-13-17)18-8-4-2-5-9-18/h3,6-7,10-15,18,22H,2,4-5,8-9H2,1H3/b21-16-. The van der Waals surface area contributed by atoms with Gasteiger partial charge in [-0.05, 0) is 48.9 Å². The zero-order valence-electron chi connectivity index (χ0n) is 14.5. The van der Waals surface area contributed by atoms with E-state index in [1.54, 1.807) is 30.3 Å². The maximum absolute atomic E-state index is 12.2. The van der Waals surface area contributed by atoms with Crippen LogP contribution in [0, 0.1) is 0 Å². The van der Waals surface area contributed by atoms with Crippen molar-refractivity contribution in [1.29, 1.82) is 0 Å². The highest BCUT2D eigenvalue weighted by molar-refractivity contribution is 7.89. The first-order chi connectivity index (χ1) is 12.1. The molecule has 1 N–H and O–H groups in total. The fraction of sp³-hybridized carbons (Fsp3) is 0.350. The normalized spacial score (nSPS) is 16.6. The van der Waals surface area contributed by atoms with E-state index in [0.29, 0.717) is 11.6 Å². The van der Waals surface area contributed by atoms with Crippen molar-refractivity contribution in [3.05, 3.63) is 65.7 Å². The highest BCUT2D eigenvalue weighted by Gasteiger charge is 2.15. The predicted octanol–water partition coefficient (Wildman–Crippen LogP) is 4.44. The Bertz CT molecular complexity index is 822. The number of hydrogen-bond acceptors (Lipinski definition) is 3. The van der Waals surface area contributed by atoms with Gasteiger partial charge in [-0.2, -0.15) is 18.4 Å². The Morgan fingerprint density at radius 2 is 1.60 bits per heavy atom. The van der Waals surface area contributed by atoms with Crippen LogP contribution in [-0.2, 0) is 10.0 Å². The molecule has 0 unspecified atom stereocenters. The highest BCUT2D eigenvalue weighted by Crippen LogP contribution is 2.32. The molecule has 1 aliphatic carbocycles. The summed E-state index contributed by atoms with van der Waals surface area (Å²) in [7, 11) is -3.63. The summed E-state index contributed by atoms with van der Waals surface area (Å²) in [5.74, 6) is 0.664. The Morgan fingerprint density at radius 1 is 0.960 bits per heavy atom. The van der Waals surface area contributed by atoms with E-state index in [1.165, 1.54) is 37.7 Å². The van der Waals surface area contributed by atoms with Crippen LogP contribution < -0.4 is 4.83 Å². The largest absolute Gasteiger partial charge is 0.276 e. The van der Waals surface area contributed by atoms with Crippen LogP contribution in [0.15, 0.2) is 64.6 Å². The summed E-state index contributed by atoms with van der Waals surface area (Å²) in [5, 5.41) is 4.06. The second-order valence-corrected chi connectivity index (χ2v) is 8.22. The molecule has 1 fully saturated rings. The lowest BCUT2D eigenvalue weighted by atomic mass is 9.84. The van der Waals surface area contributed by atoms with Crippen molar-refractivity contribution in [3.63, 3.8) is 0 Å². The zero-order valence-corrected chi connectivity index (χ0v) is 15.3. The van der Waals surface area contributed by atoms with E-state index in [9.17, 15) is 8.42 Å². The molecule has 1 saturated carbocycles. The molecule has 2 aromatic carbocycles. The molecule has 0 spiro atoms. The summed E-state index contributed by atoms with van der Waals surface area (Å²) in [6, 6.07) is 16.6. The molecule has 0 aromatic heterocycles. The Labute approximate surface area is 150 Å². The lowest BCUT2D eigenvalue weighted by molar-refractivity contribution is 0.443. The molecule has 2 aromatic rings. The molecule has 5 heteroatoms. The van der Waals surface area contributed by atoms with E-state index in [4.69, 9.17) is 0 Å². The third kappa shape index (κ3) is 4.48. The molecule has 0 heterocycles. The number of sulfonamides is 1. The van der Waals surface area contributed by atoms with Gasteiger partial charge in [0, 0.05) is 0 Å². The third-order valence-corrected chi connectivity index (χ3v) is 6.02. The van der Waals surface area contributed by atoms with Gasteiger partial charge in [-0.25, -0.2) is 0 Å². The van der Waals surface area contributed by atoms with E-state index in [1.807, 2.05) is 19.1 Å². The van der Waals surface area contributed by atoms with Crippen molar-refractivity contribution in [2.45, 2.75) is 49.8 Å². The van der Waals surface area contributed by atoms with E-state index in [-0.39, 0.29) is 4.90 Å². The fourth-order valence-corrected chi connectivity index (χ4v) is 4.16. The molecular formula is C20H24N2O2S. The first-order valence-electron chi connectivity index (χ1n) is 8.78. The van der Waals surface area contributed by atoms with Gasteiger partial charge in [0.2, 0.25) is 0 Å². The Kier molecular flexibility index (Phi) is 5.53. The van der Waals surface area contributed by atoms with E-state index in [2.05, 4.69) is 22.1 Å². The van der Waals surface area contributed by atoms with Gasteiger partial charge in [-0.1, -0.05) is 61.7 Å². The second kappa shape index (κ2) is 7.83. The van der Waals surface area contributed by atoms with Crippen molar-refractivity contribution < 1.29 is 8.42 Å². The number of rotatable bonds is 5.